The van der Waals surface area contributed by atoms with Crippen LogP contribution in [0.4, 0.5) is 0 Å². The summed E-state index contributed by atoms with van der Waals surface area (Å²) < 4.78 is 5.69. The maximum atomic E-state index is 11.8. The van der Waals surface area contributed by atoms with Crippen LogP contribution in [0.15, 0.2) is 0 Å². The van der Waals surface area contributed by atoms with Crippen molar-refractivity contribution in [1.29, 1.82) is 0 Å². The van der Waals surface area contributed by atoms with Crippen LogP contribution in [-0.2, 0) is 24.0 Å². The molecule has 0 radical (unpaired) electrons. The van der Waals surface area contributed by atoms with Crippen molar-refractivity contribution < 1.29 is 24.0 Å². The Morgan fingerprint density at radius 3 is 1.81 bits per heavy atom. The first kappa shape index (κ1) is 19.6. The van der Waals surface area contributed by atoms with E-state index in [4.69, 9.17) is 9.57 Å². The lowest BCUT2D eigenvalue weighted by Crippen LogP contribution is -2.38. The van der Waals surface area contributed by atoms with Crippen LogP contribution in [0.1, 0.15) is 61.3 Å². The number of ether oxygens (including phenoxy) is 1. The van der Waals surface area contributed by atoms with Crippen LogP contribution in [0.5, 0.6) is 0 Å². The van der Waals surface area contributed by atoms with Gasteiger partial charge in [0.25, 0.3) is 11.8 Å². The molecule has 0 heterocycles. The van der Waals surface area contributed by atoms with Gasteiger partial charge >= 0.3 is 5.97 Å². The molecule has 21 heavy (non-hydrogen) atoms. The van der Waals surface area contributed by atoms with Crippen LogP contribution in [-0.4, -0.2) is 35.1 Å². The zero-order valence-corrected chi connectivity index (χ0v) is 14.1. The summed E-state index contributed by atoms with van der Waals surface area (Å²) in [6.45, 7) is 12.7. The molecule has 0 saturated heterocycles. The van der Waals surface area contributed by atoms with Gasteiger partial charge in [0, 0.05) is 20.5 Å². The number of carbonyl (C=O) groups is 3. The molecule has 0 N–H and O–H groups in total. The van der Waals surface area contributed by atoms with E-state index in [0.29, 0.717) is 11.7 Å². The summed E-state index contributed by atoms with van der Waals surface area (Å²) in [6, 6.07) is 0. The lowest BCUT2D eigenvalue weighted by atomic mass is 9.93. The van der Waals surface area contributed by atoms with Gasteiger partial charge in [-0.05, 0) is 25.7 Å². The highest BCUT2D eigenvalue weighted by Gasteiger charge is 2.28. The maximum absolute atomic E-state index is 11.8. The van der Waals surface area contributed by atoms with Crippen molar-refractivity contribution in [2.45, 2.75) is 66.9 Å². The van der Waals surface area contributed by atoms with Crippen LogP contribution in [0.2, 0.25) is 0 Å². The molecule has 2 amide bonds. The molecule has 0 spiro atoms. The van der Waals surface area contributed by atoms with E-state index in [2.05, 4.69) is 20.8 Å². The van der Waals surface area contributed by atoms with Gasteiger partial charge in [-0.25, -0.2) is 4.79 Å². The molecule has 0 atom stereocenters. The van der Waals surface area contributed by atoms with Gasteiger partial charge in [-0.15, -0.1) is 5.06 Å². The van der Waals surface area contributed by atoms with Gasteiger partial charge in [-0.2, -0.15) is 0 Å². The Bertz CT molecular complexity index is 381. The maximum Gasteiger partial charge on any atom is 0.336 e. The standard InChI is InChI=1S/C15H27NO5/c1-11(17)16(12(2)18)21-13(19)10-15(6,7)20-9-8-14(3,4)5/h8-10H2,1-7H3. The van der Waals surface area contributed by atoms with Crippen LogP contribution >= 0.6 is 0 Å². The number of imide groups is 1. The minimum atomic E-state index is -0.721. The lowest BCUT2D eigenvalue weighted by molar-refractivity contribution is -0.203. The Kier molecular flexibility index (Phi) is 7.03. The fourth-order valence-corrected chi connectivity index (χ4v) is 1.52. The third-order valence-electron chi connectivity index (χ3n) is 2.68. The van der Waals surface area contributed by atoms with Crippen molar-refractivity contribution in [2.75, 3.05) is 6.61 Å². The lowest BCUT2D eigenvalue weighted by Gasteiger charge is -2.27. The fraction of sp³-hybridized carbons (Fsp3) is 0.800. The van der Waals surface area contributed by atoms with E-state index in [9.17, 15) is 14.4 Å². The predicted octanol–water partition coefficient (Wildman–Crippen LogP) is 2.46. The van der Waals surface area contributed by atoms with Crippen LogP contribution in [0, 0.1) is 5.41 Å². The van der Waals surface area contributed by atoms with E-state index in [1.54, 1.807) is 13.8 Å². The SMILES string of the molecule is CC(=O)N(OC(=O)CC(C)(C)OCCC(C)(C)C)C(C)=O. The van der Waals surface area contributed by atoms with Gasteiger partial charge in [0.2, 0.25) is 0 Å². The molecule has 0 bridgehead atoms. The Labute approximate surface area is 126 Å². The molecule has 0 rings (SSSR count). The van der Waals surface area contributed by atoms with Gasteiger partial charge in [0.05, 0.1) is 12.0 Å². The first-order valence-corrected chi connectivity index (χ1v) is 7.00. The Morgan fingerprint density at radius 2 is 1.43 bits per heavy atom. The summed E-state index contributed by atoms with van der Waals surface area (Å²) >= 11 is 0. The zero-order valence-electron chi connectivity index (χ0n) is 14.1. The zero-order chi connectivity index (χ0) is 16.8. The topological polar surface area (TPSA) is 72.9 Å². The van der Waals surface area contributed by atoms with E-state index in [0.717, 1.165) is 20.3 Å². The first-order valence-electron chi connectivity index (χ1n) is 7.00. The monoisotopic (exact) mass is 301 g/mol. The summed E-state index contributed by atoms with van der Waals surface area (Å²) in [6.07, 6.45) is 0.812. The van der Waals surface area contributed by atoms with E-state index >= 15 is 0 Å². The smallest absolute Gasteiger partial charge is 0.336 e. The van der Waals surface area contributed by atoms with E-state index in [-0.39, 0.29) is 11.8 Å². The number of nitrogens with zero attached hydrogens (tertiary/aromatic N) is 1. The van der Waals surface area contributed by atoms with E-state index < -0.39 is 23.4 Å². The molecule has 0 saturated carbocycles. The first-order chi connectivity index (χ1) is 9.34. The second-order valence-corrected chi connectivity index (χ2v) is 6.89. The average Bonchev–Trinajstić information content (AvgIpc) is 2.21. The fourth-order valence-electron chi connectivity index (χ4n) is 1.52. The van der Waals surface area contributed by atoms with Crippen molar-refractivity contribution in [3.05, 3.63) is 0 Å². The molecule has 0 fully saturated rings. The minimum absolute atomic E-state index is 0.0474. The molecule has 0 aliphatic rings. The number of amides is 2. The van der Waals surface area contributed by atoms with Crippen molar-refractivity contribution >= 4 is 17.8 Å². The molecule has 0 aromatic rings. The van der Waals surface area contributed by atoms with Crippen molar-refractivity contribution in [3.63, 3.8) is 0 Å². The average molecular weight is 301 g/mol. The van der Waals surface area contributed by atoms with Gasteiger partial charge in [-0.3, -0.25) is 9.59 Å². The second kappa shape index (κ2) is 7.54. The normalized spacial score (nSPS) is 12.0. The van der Waals surface area contributed by atoms with Gasteiger partial charge < -0.3 is 9.57 Å². The molecule has 0 unspecified atom stereocenters. The molecule has 0 aromatic heterocycles. The quantitative estimate of drug-likeness (QED) is 0.729. The third kappa shape index (κ3) is 9.18. The number of rotatable bonds is 5. The number of hydroxylamine groups is 2. The largest absolute Gasteiger partial charge is 0.375 e. The van der Waals surface area contributed by atoms with E-state index in [1.807, 2.05) is 0 Å². The Balaban J connectivity index is 4.41. The summed E-state index contributed by atoms with van der Waals surface area (Å²) in [4.78, 5) is 38.9. The van der Waals surface area contributed by atoms with Crippen molar-refractivity contribution in [2.24, 2.45) is 5.41 Å². The van der Waals surface area contributed by atoms with Crippen LogP contribution in [0.3, 0.4) is 0 Å². The van der Waals surface area contributed by atoms with Gasteiger partial charge in [-0.1, -0.05) is 20.8 Å². The summed E-state index contributed by atoms with van der Waals surface area (Å²) in [7, 11) is 0. The molecule has 122 valence electrons. The second-order valence-electron chi connectivity index (χ2n) is 6.89. The number of carbonyl (C=O) groups excluding carboxylic acids is 3. The Hall–Kier alpha value is -1.43. The van der Waals surface area contributed by atoms with Gasteiger partial charge in [0.15, 0.2) is 0 Å². The van der Waals surface area contributed by atoms with E-state index in [1.165, 1.54) is 0 Å². The van der Waals surface area contributed by atoms with Crippen LogP contribution < -0.4 is 0 Å². The molecule has 6 nitrogen and oxygen atoms in total. The van der Waals surface area contributed by atoms with Crippen molar-refractivity contribution in [1.82, 2.24) is 5.06 Å². The van der Waals surface area contributed by atoms with Gasteiger partial charge in [0.1, 0.15) is 0 Å². The molecule has 0 aromatic carbocycles. The third-order valence-corrected chi connectivity index (χ3v) is 2.68. The molecule has 0 aliphatic carbocycles. The predicted molar refractivity (Wildman–Crippen MR) is 78.0 cm³/mol. The Morgan fingerprint density at radius 1 is 0.952 bits per heavy atom. The molecular weight excluding hydrogens is 274 g/mol. The number of hydrogen-bond donors (Lipinski definition) is 0. The summed E-state index contributed by atoms with van der Waals surface area (Å²) in [5.41, 5.74) is -0.571. The molecule has 6 heteroatoms. The van der Waals surface area contributed by atoms with Crippen LogP contribution in [0.25, 0.3) is 0 Å². The highest BCUT2D eigenvalue weighted by molar-refractivity contribution is 5.92. The molecular formula is C15H27NO5. The minimum Gasteiger partial charge on any atom is -0.375 e. The highest BCUT2D eigenvalue weighted by Crippen LogP contribution is 2.22. The van der Waals surface area contributed by atoms with Crippen molar-refractivity contribution in [3.8, 4) is 0 Å². The summed E-state index contributed by atoms with van der Waals surface area (Å²) in [5, 5.41) is 0.452. The number of hydrogen-bond acceptors (Lipinski definition) is 5. The highest BCUT2D eigenvalue weighted by atomic mass is 16.7. The molecule has 0 aliphatic heterocycles. The summed E-state index contributed by atoms with van der Waals surface area (Å²) in [5.74, 6) is -1.95.